The van der Waals surface area contributed by atoms with Crippen LogP contribution in [0.5, 0.6) is 0 Å². The van der Waals surface area contributed by atoms with Crippen LogP contribution >= 0.6 is 0 Å². The minimum absolute atomic E-state index is 0.0278. The Kier molecular flexibility index (Phi) is 33.5. The summed E-state index contributed by atoms with van der Waals surface area (Å²) in [4.78, 5) is 73.5. The van der Waals surface area contributed by atoms with E-state index in [1.165, 1.54) is 30.4 Å². The Hall–Kier alpha value is -5.34. The van der Waals surface area contributed by atoms with Crippen molar-refractivity contribution in [3.63, 3.8) is 0 Å². The van der Waals surface area contributed by atoms with E-state index in [-0.39, 0.29) is 45.9 Å². The highest BCUT2D eigenvalue weighted by Gasteiger charge is 2.24. The van der Waals surface area contributed by atoms with E-state index in [4.69, 9.17) is 35.7 Å². The number of isocyanates is 4. The minimum Gasteiger partial charge on any atom is -0.481 e. The lowest BCUT2D eigenvalue weighted by atomic mass is 9.88. The molecule has 52 heavy (non-hydrogen) atoms. The van der Waals surface area contributed by atoms with E-state index >= 15 is 0 Å². The zero-order valence-corrected chi connectivity index (χ0v) is 29.2. The fourth-order valence-electron chi connectivity index (χ4n) is 3.11. The molecule has 18 heteroatoms. The molecule has 0 spiro atoms. The molecule has 0 saturated heterocycles. The zero-order chi connectivity index (χ0) is 40.2. The van der Waals surface area contributed by atoms with Gasteiger partial charge in [-0.1, -0.05) is 19.1 Å². The first-order chi connectivity index (χ1) is 24.8. The summed E-state index contributed by atoms with van der Waals surface area (Å²) in [5, 5.41) is 58.4. The molecule has 18 nitrogen and oxygen atoms in total. The van der Waals surface area contributed by atoms with Gasteiger partial charge in [-0.2, -0.15) is 20.0 Å². The average Bonchev–Trinajstić information content (AvgIpc) is 3.13. The number of ether oxygens (including phenoxy) is 1. The van der Waals surface area contributed by atoms with Gasteiger partial charge in [0.25, 0.3) is 0 Å². The predicted molar refractivity (Wildman–Crippen MR) is 186 cm³/mol. The fraction of sp³-hybridized carbons (Fsp3) is 0.471. The minimum atomic E-state index is -0.870. The Balaban J connectivity index is -0.000000588. The molecule has 0 bridgehead atoms. The van der Waals surface area contributed by atoms with Gasteiger partial charge in [0.1, 0.15) is 0 Å². The lowest BCUT2D eigenvalue weighted by Gasteiger charge is -2.24. The van der Waals surface area contributed by atoms with Crippen LogP contribution in [0.1, 0.15) is 50.2 Å². The molecule has 0 heterocycles. The van der Waals surface area contributed by atoms with Crippen molar-refractivity contribution in [2.75, 3.05) is 46.2 Å². The van der Waals surface area contributed by atoms with Gasteiger partial charge in [-0.25, -0.2) is 19.2 Å². The highest BCUT2D eigenvalue weighted by Crippen LogP contribution is 2.27. The molecular weight excluding hydrogens is 688 g/mol. The van der Waals surface area contributed by atoms with Crippen molar-refractivity contribution in [3.05, 3.63) is 47.5 Å². The van der Waals surface area contributed by atoms with Crippen LogP contribution in [0.2, 0.25) is 0 Å². The normalized spacial score (nSPS) is 9.31. The Labute approximate surface area is 300 Å². The second-order valence-electron chi connectivity index (χ2n) is 10.1. The number of nitrogens with zero attached hydrogens (tertiary/aromatic N) is 4. The summed E-state index contributed by atoms with van der Waals surface area (Å²) >= 11 is 0. The summed E-state index contributed by atoms with van der Waals surface area (Å²) in [7, 11) is 0. The van der Waals surface area contributed by atoms with Crippen molar-refractivity contribution in [1.82, 2.24) is 0 Å². The van der Waals surface area contributed by atoms with Crippen LogP contribution in [0.15, 0.2) is 56.4 Å². The molecule has 7 N–H and O–H groups in total. The number of aliphatic imine (C=N–C) groups is 4. The monoisotopic (exact) mass is 734 g/mol. The number of hydrogen-bond acceptors (Lipinski definition) is 16. The first-order valence-electron chi connectivity index (χ1n) is 15.4. The molecule has 286 valence electrons. The SMILES string of the molecule is CCC(CO)(CO)CO.Cc1c(N=C=O)cccc1N=C=O.Cc1ccc(N=C=O)cc1N=C=O.O=C(O)CCCCC(=O)O.OCCOCCO. The molecule has 0 radical (unpaired) electrons. The summed E-state index contributed by atoms with van der Waals surface area (Å²) in [6.07, 6.45) is 7.31. The number of aliphatic hydroxyl groups is 5. The van der Waals surface area contributed by atoms with E-state index < -0.39 is 17.4 Å². The van der Waals surface area contributed by atoms with Crippen molar-refractivity contribution in [2.24, 2.45) is 25.4 Å². The first-order valence-corrected chi connectivity index (χ1v) is 15.4. The number of carbonyl (C=O) groups is 2. The highest BCUT2D eigenvalue weighted by molar-refractivity contribution is 5.68. The van der Waals surface area contributed by atoms with Gasteiger partial charge in [-0.15, -0.1) is 0 Å². The predicted octanol–water partition coefficient (Wildman–Crippen LogP) is 2.92. The number of aliphatic hydroxyl groups excluding tert-OH is 5. The number of carboxylic acids is 2. The zero-order valence-electron chi connectivity index (χ0n) is 29.2. The lowest BCUT2D eigenvalue weighted by Crippen LogP contribution is -2.32. The van der Waals surface area contributed by atoms with Gasteiger partial charge in [0.05, 0.1) is 69.0 Å². The maximum atomic E-state index is 10.00. The van der Waals surface area contributed by atoms with Gasteiger partial charge in [0.15, 0.2) is 0 Å². The van der Waals surface area contributed by atoms with Crippen LogP contribution in [-0.2, 0) is 33.5 Å². The van der Waals surface area contributed by atoms with Gasteiger partial charge >= 0.3 is 11.9 Å². The largest absolute Gasteiger partial charge is 0.481 e. The Morgan fingerprint density at radius 1 is 0.673 bits per heavy atom. The van der Waals surface area contributed by atoms with Crippen LogP contribution in [0.4, 0.5) is 22.7 Å². The number of hydrogen-bond donors (Lipinski definition) is 7. The molecule has 0 atom stereocenters. The summed E-state index contributed by atoms with van der Waals surface area (Å²) < 4.78 is 4.63. The smallest absolute Gasteiger partial charge is 0.303 e. The summed E-state index contributed by atoms with van der Waals surface area (Å²) in [5.41, 5.74) is 2.64. The van der Waals surface area contributed by atoms with E-state index in [0.717, 1.165) is 5.56 Å². The van der Waals surface area contributed by atoms with Crippen molar-refractivity contribution in [2.45, 2.75) is 52.9 Å². The van der Waals surface area contributed by atoms with Crippen LogP contribution < -0.4 is 0 Å². The maximum Gasteiger partial charge on any atom is 0.303 e. The molecule has 2 aromatic rings. The number of benzene rings is 2. The molecule has 2 aromatic carbocycles. The molecule has 0 aliphatic carbocycles. The number of carbonyl (C=O) groups excluding carboxylic acids is 4. The standard InChI is InChI=1S/2C9H6N2O2.C6H10O4.C6H14O3.C4H10O3/c1-7-2-3-8(10-5-12)4-9(7)11-6-13;1-7-8(10-5-12)3-2-4-9(7)11-6-13;7-5(8)3-1-2-4-6(9)10;1-2-6(3-7,4-8)5-9;5-1-3-7-4-2-6/h2*2-4H,1H3;1-4H2,(H,7,8)(H,9,10);7-9H,2-5H2,1H3;5-6H,1-4H2. The van der Waals surface area contributed by atoms with Crippen molar-refractivity contribution < 1.29 is 69.2 Å². The Bertz CT molecular complexity index is 1410. The molecule has 0 amide bonds. The second kappa shape index (κ2) is 34.1. The molecule has 0 fully saturated rings. The first kappa shape index (κ1) is 51.0. The number of aryl methyl sites for hydroxylation is 1. The third kappa shape index (κ3) is 26.5. The number of rotatable bonds is 17. The van der Waals surface area contributed by atoms with Crippen molar-refractivity contribution in [1.29, 1.82) is 0 Å². The van der Waals surface area contributed by atoms with Crippen LogP contribution in [0.3, 0.4) is 0 Å². The molecule has 0 saturated carbocycles. The lowest BCUT2D eigenvalue weighted by molar-refractivity contribution is -0.139. The van der Waals surface area contributed by atoms with E-state index in [2.05, 4.69) is 24.7 Å². The maximum absolute atomic E-state index is 10.00. The third-order valence-electron chi connectivity index (χ3n) is 6.40. The Morgan fingerprint density at radius 3 is 1.42 bits per heavy atom. The van der Waals surface area contributed by atoms with Crippen molar-refractivity contribution >= 4 is 59.0 Å². The van der Waals surface area contributed by atoms with E-state index in [1.54, 1.807) is 44.2 Å². The Morgan fingerprint density at radius 2 is 1.10 bits per heavy atom. The molecule has 2 rings (SSSR count). The third-order valence-corrected chi connectivity index (χ3v) is 6.40. The number of carboxylic acid groups (broad SMARTS) is 2. The summed E-state index contributed by atoms with van der Waals surface area (Å²) in [6.45, 7) is 5.56. The van der Waals surface area contributed by atoms with Gasteiger partial charge in [-0.05, 0) is 62.9 Å². The fourth-order valence-corrected chi connectivity index (χ4v) is 3.11. The van der Waals surface area contributed by atoms with Crippen LogP contribution in [-0.4, -0.2) is 118 Å². The van der Waals surface area contributed by atoms with Gasteiger partial charge in [-0.3, -0.25) is 9.59 Å². The van der Waals surface area contributed by atoms with Gasteiger partial charge < -0.3 is 40.5 Å². The summed E-state index contributed by atoms with van der Waals surface area (Å²) in [5.74, 6) is -1.74. The van der Waals surface area contributed by atoms with E-state index in [1.807, 2.05) is 6.92 Å². The molecule has 0 unspecified atom stereocenters. The molecule has 0 aliphatic rings. The summed E-state index contributed by atoms with van der Waals surface area (Å²) in [6, 6.07) is 9.81. The number of aliphatic carboxylic acids is 2. The highest BCUT2D eigenvalue weighted by atomic mass is 16.5. The van der Waals surface area contributed by atoms with E-state index in [9.17, 15) is 28.8 Å². The quantitative estimate of drug-likeness (QED) is 0.0698. The van der Waals surface area contributed by atoms with Crippen molar-refractivity contribution in [3.8, 4) is 0 Å². The molecule has 0 aromatic heterocycles. The second-order valence-corrected chi connectivity index (χ2v) is 10.1. The van der Waals surface area contributed by atoms with E-state index in [0.29, 0.717) is 60.8 Å². The van der Waals surface area contributed by atoms with Crippen LogP contribution in [0.25, 0.3) is 0 Å². The van der Waals surface area contributed by atoms with Gasteiger partial charge in [0.2, 0.25) is 24.3 Å². The number of unbranched alkanes of at least 4 members (excludes halogenated alkanes) is 1. The topological polar surface area (TPSA) is 303 Å². The van der Waals surface area contributed by atoms with Crippen LogP contribution in [0, 0.1) is 19.3 Å². The average molecular weight is 735 g/mol. The molecule has 0 aliphatic heterocycles. The van der Waals surface area contributed by atoms with Gasteiger partial charge in [0, 0.05) is 23.8 Å². The molecular formula is C34H46N4O14.